The Hall–Kier alpha value is -2.62. The van der Waals surface area contributed by atoms with Crippen LogP contribution in [-0.4, -0.2) is 75.5 Å². The van der Waals surface area contributed by atoms with Crippen LogP contribution in [0.3, 0.4) is 0 Å². The number of ether oxygens (including phenoxy) is 2. The van der Waals surface area contributed by atoms with Crippen molar-refractivity contribution in [2.75, 3.05) is 45.9 Å². The largest absolute Gasteiger partial charge is 0.490 e. The highest BCUT2D eigenvalue weighted by atomic mass is 32.2. The minimum Gasteiger partial charge on any atom is -0.490 e. The molecule has 2 aromatic rings. The first-order chi connectivity index (χ1) is 16.4. The number of carbonyl (C=O) groups excluding carboxylic acids is 1. The molecule has 2 atom stereocenters. The van der Waals surface area contributed by atoms with Gasteiger partial charge in [0.05, 0.1) is 24.2 Å². The van der Waals surface area contributed by atoms with Crippen LogP contribution in [0.15, 0.2) is 53.4 Å². The third kappa shape index (κ3) is 5.54. The average Bonchev–Trinajstić information content (AvgIpc) is 3.12. The molecule has 0 saturated carbocycles. The standard InChI is InChI=1S/C25H33N3O5S/c1-19(21-7-4-3-5-8-21)18-26-25(29)20(2)27-11-13-28(14-12-27)34(30,31)22-9-10-23-24(17-22)33-16-6-15-32-23/h3-5,7-10,17,19-20H,6,11-16,18H2,1-2H3,(H,26,29)/t19-,20-/m0/s1. The number of benzene rings is 2. The van der Waals surface area contributed by atoms with Crippen LogP contribution in [0, 0.1) is 0 Å². The van der Waals surface area contributed by atoms with Gasteiger partial charge in [-0.2, -0.15) is 4.31 Å². The van der Waals surface area contributed by atoms with E-state index in [0.717, 1.165) is 6.42 Å². The van der Waals surface area contributed by atoms with E-state index in [-0.39, 0.29) is 22.8 Å². The number of fused-ring (bicyclic) bond motifs is 1. The Balaban J connectivity index is 1.31. The summed E-state index contributed by atoms with van der Waals surface area (Å²) < 4.78 is 39.2. The van der Waals surface area contributed by atoms with Gasteiger partial charge in [0.1, 0.15) is 0 Å². The summed E-state index contributed by atoms with van der Waals surface area (Å²) in [6, 6.07) is 14.5. The SMILES string of the molecule is C[C@@H](CNC(=O)[C@H](C)N1CCN(S(=O)(=O)c2ccc3c(c2)OCCCO3)CC1)c1ccccc1. The lowest BCUT2D eigenvalue weighted by Gasteiger charge is -2.36. The van der Waals surface area contributed by atoms with E-state index in [1.54, 1.807) is 18.2 Å². The van der Waals surface area contributed by atoms with Crippen LogP contribution < -0.4 is 14.8 Å². The Bertz CT molecular complexity index is 1080. The highest BCUT2D eigenvalue weighted by Gasteiger charge is 2.32. The van der Waals surface area contributed by atoms with Crippen molar-refractivity contribution in [3.05, 3.63) is 54.1 Å². The highest BCUT2D eigenvalue weighted by molar-refractivity contribution is 7.89. The Morgan fingerprint density at radius 2 is 1.65 bits per heavy atom. The third-order valence-electron chi connectivity index (χ3n) is 6.51. The molecule has 1 fully saturated rings. The van der Waals surface area contributed by atoms with Crippen LogP contribution in [0.2, 0.25) is 0 Å². The van der Waals surface area contributed by atoms with Crippen LogP contribution >= 0.6 is 0 Å². The molecule has 184 valence electrons. The summed E-state index contributed by atoms with van der Waals surface area (Å²) in [6.07, 6.45) is 0.760. The number of nitrogens with one attached hydrogen (secondary N) is 1. The quantitative estimate of drug-likeness (QED) is 0.646. The zero-order valence-corrected chi connectivity index (χ0v) is 20.6. The Kier molecular flexibility index (Phi) is 7.75. The molecule has 8 nitrogen and oxygen atoms in total. The molecule has 2 heterocycles. The number of hydrogen-bond donors (Lipinski definition) is 1. The summed E-state index contributed by atoms with van der Waals surface area (Å²) in [6.45, 7) is 7.21. The molecule has 1 amide bonds. The fraction of sp³-hybridized carbons (Fsp3) is 0.480. The fourth-order valence-corrected chi connectivity index (χ4v) is 5.69. The van der Waals surface area contributed by atoms with Gasteiger partial charge >= 0.3 is 0 Å². The monoisotopic (exact) mass is 487 g/mol. The van der Waals surface area contributed by atoms with Crippen LogP contribution in [0.5, 0.6) is 11.5 Å². The Morgan fingerprint density at radius 3 is 2.35 bits per heavy atom. The lowest BCUT2D eigenvalue weighted by Crippen LogP contribution is -2.55. The third-order valence-corrected chi connectivity index (χ3v) is 8.40. The van der Waals surface area contributed by atoms with Crippen LogP contribution in [0.25, 0.3) is 0 Å². The fourth-order valence-electron chi connectivity index (χ4n) is 4.25. The van der Waals surface area contributed by atoms with Crippen molar-refractivity contribution in [3.63, 3.8) is 0 Å². The van der Waals surface area contributed by atoms with Crippen LogP contribution in [0.4, 0.5) is 0 Å². The van der Waals surface area contributed by atoms with E-state index >= 15 is 0 Å². The molecule has 9 heteroatoms. The number of sulfonamides is 1. The van der Waals surface area contributed by atoms with Crippen molar-refractivity contribution in [1.82, 2.24) is 14.5 Å². The molecule has 0 radical (unpaired) electrons. The molecule has 34 heavy (non-hydrogen) atoms. The van der Waals surface area contributed by atoms with Gasteiger partial charge in [-0.05, 0) is 30.5 Å². The lowest BCUT2D eigenvalue weighted by atomic mass is 10.0. The second-order valence-corrected chi connectivity index (χ2v) is 10.8. The zero-order valence-electron chi connectivity index (χ0n) is 19.8. The second kappa shape index (κ2) is 10.8. The van der Waals surface area contributed by atoms with E-state index in [9.17, 15) is 13.2 Å². The van der Waals surface area contributed by atoms with Crippen LogP contribution in [-0.2, 0) is 14.8 Å². The van der Waals surface area contributed by atoms with Gasteiger partial charge in [-0.15, -0.1) is 0 Å². The molecule has 2 aliphatic heterocycles. The summed E-state index contributed by atoms with van der Waals surface area (Å²) in [7, 11) is -3.66. The number of rotatable bonds is 7. The number of piperazine rings is 1. The Morgan fingerprint density at radius 1 is 0.971 bits per heavy atom. The molecule has 2 aromatic carbocycles. The van der Waals surface area contributed by atoms with Crippen molar-refractivity contribution >= 4 is 15.9 Å². The van der Waals surface area contributed by atoms with Crippen LogP contribution in [0.1, 0.15) is 31.7 Å². The van der Waals surface area contributed by atoms with E-state index in [0.29, 0.717) is 57.4 Å². The van der Waals surface area contributed by atoms with E-state index in [1.807, 2.05) is 30.0 Å². The second-order valence-electron chi connectivity index (χ2n) is 8.83. The first-order valence-corrected chi connectivity index (χ1v) is 13.3. The van der Waals surface area contributed by atoms with Gasteiger partial charge in [0.15, 0.2) is 11.5 Å². The van der Waals surface area contributed by atoms with Crippen molar-refractivity contribution in [1.29, 1.82) is 0 Å². The van der Waals surface area contributed by atoms with Gasteiger partial charge in [-0.25, -0.2) is 8.42 Å². The molecule has 0 unspecified atom stereocenters. The normalized spacial score (nSPS) is 19.1. The molecule has 0 bridgehead atoms. The molecule has 1 N–H and O–H groups in total. The van der Waals surface area contributed by atoms with E-state index in [4.69, 9.17) is 9.47 Å². The van der Waals surface area contributed by atoms with Crippen molar-refractivity contribution in [2.45, 2.75) is 37.1 Å². The number of carbonyl (C=O) groups is 1. The molecule has 0 aromatic heterocycles. The maximum absolute atomic E-state index is 13.2. The maximum Gasteiger partial charge on any atom is 0.243 e. The first kappa shape index (κ1) is 24.5. The summed E-state index contributed by atoms with van der Waals surface area (Å²) in [4.78, 5) is 15.0. The van der Waals surface area contributed by atoms with Crippen molar-refractivity contribution in [3.8, 4) is 11.5 Å². The summed E-state index contributed by atoms with van der Waals surface area (Å²) in [5, 5.41) is 3.04. The molecule has 1 saturated heterocycles. The predicted molar refractivity (Wildman–Crippen MR) is 130 cm³/mol. The lowest BCUT2D eigenvalue weighted by molar-refractivity contribution is -0.126. The minimum atomic E-state index is -3.66. The van der Waals surface area contributed by atoms with Gasteiger partial charge < -0.3 is 14.8 Å². The van der Waals surface area contributed by atoms with Gasteiger partial charge in [0.25, 0.3) is 0 Å². The molecular formula is C25H33N3O5S. The first-order valence-electron chi connectivity index (χ1n) is 11.8. The summed E-state index contributed by atoms with van der Waals surface area (Å²) >= 11 is 0. The van der Waals surface area contributed by atoms with Gasteiger partial charge in [-0.3, -0.25) is 9.69 Å². The molecule has 0 aliphatic carbocycles. The van der Waals surface area contributed by atoms with E-state index in [1.165, 1.54) is 9.87 Å². The predicted octanol–water partition coefficient (Wildman–Crippen LogP) is 2.46. The molecule has 4 rings (SSSR count). The zero-order chi connectivity index (χ0) is 24.1. The summed E-state index contributed by atoms with van der Waals surface area (Å²) in [5.74, 6) is 1.21. The minimum absolute atomic E-state index is 0.0398. The van der Waals surface area contributed by atoms with E-state index in [2.05, 4.69) is 24.4 Å². The maximum atomic E-state index is 13.2. The van der Waals surface area contributed by atoms with Gasteiger partial charge in [-0.1, -0.05) is 37.3 Å². The number of amides is 1. The number of hydrogen-bond acceptors (Lipinski definition) is 6. The summed E-state index contributed by atoms with van der Waals surface area (Å²) in [5.41, 5.74) is 1.18. The average molecular weight is 488 g/mol. The topological polar surface area (TPSA) is 88.2 Å². The molecule has 0 spiro atoms. The van der Waals surface area contributed by atoms with Gasteiger partial charge in [0, 0.05) is 45.2 Å². The van der Waals surface area contributed by atoms with Crippen molar-refractivity contribution < 1.29 is 22.7 Å². The highest BCUT2D eigenvalue weighted by Crippen LogP contribution is 2.33. The molecule has 2 aliphatic rings. The molecular weight excluding hydrogens is 454 g/mol. The number of nitrogens with zero attached hydrogens (tertiary/aromatic N) is 2. The van der Waals surface area contributed by atoms with E-state index < -0.39 is 10.0 Å². The van der Waals surface area contributed by atoms with Gasteiger partial charge in [0.2, 0.25) is 15.9 Å². The van der Waals surface area contributed by atoms with Crippen molar-refractivity contribution in [2.24, 2.45) is 0 Å². The smallest absolute Gasteiger partial charge is 0.243 e. The Labute approximate surface area is 201 Å².